The number of carbonyl (C=O) groups is 4. The first kappa shape index (κ1) is 25.2. The topological polar surface area (TPSA) is 80.8 Å². The molecular weight excluding hydrogens is 490 g/mol. The van der Waals surface area contributed by atoms with Crippen LogP contribution >= 0.6 is 0 Å². The molecule has 1 aliphatic heterocycles. The summed E-state index contributed by atoms with van der Waals surface area (Å²) in [5.74, 6) is -3.73. The number of rotatable bonds is 6. The molecule has 0 radical (unpaired) electrons. The number of amides is 2. The molecule has 4 aliphatic rings. The fraction of sp³-hybridized carbons (Fsp3) is 0.333. The second kappa shape index (κ2) is 9.30. The van der Waals surface area contributed by atoms with Crippen molar-refractivity contribution in [2.45, 2.75) is 45.6 Å². The number of esters is 1. The van der Waals surface area contributed by atoms with Crippen LogP contribution in [0.25, 0.3) is 0 Å². The van der Waals surface area contributed by atoms with Crippen LogP contribution in [0.4, 0.5) is 0 Å². The number of Topliss-reactive ketones (excluding diaryl/α,β-unsaturated/α-hetero) is 1. The van der Waals surface area contributed by atoms with E-state index in [9.17, 15) is 19.2 Å². The van der Waals surface area contributed by atoms with Gasteiger partial charge in [0, 0.05) is 17.4 Å². The fourth-order valence-corrected chi connectivity index (χ4v) is 6.99. The Hall–Kier alpha value is -4.06. The molecule has 3 aliphatic carbocycles. The standard InChI is InChI=1S/C33H31NO5/c1-17(2)30(33(38)39-16-25(35)24-15-18(3)13-14-19(24)4)34-31(36)28-26-20-9-5-6-10-21(20)27(29(28)32(34)37)23-12-8-7-11-22(23)26/h5-15,17,26-30H,16H2,1-4H3/t26?,27?,28-,29-,30+/m1/s1. The second-order valence-electron chi connectivity index (χ2n) is 11.3. The highest BCUT2D eigenvalue weighted by molar-refractivity contribution is 6.10. The zero-order valence-corrected chi connectivity index (χ0v) is 22.5. The highest BCUT2D eigenvalue weighted by Gasteiger charge is 2.63. The first-order chi connectivity index (χ1) is 18.7. The normalized spacial score (nSPS) is 23.4. The van der Waals surface area contributed by atoms with E-state index in [1.165, 1.54) is 0 Å². The van der Waals surface area contributed by atoms with Crippen LogP contribution in [0, 0.1) is 31.6 Å². The first-order valence-corrected chi connectivity index (χ1v) is 13.5. The predicted molar refractivity (Wildman–Crippen MR) is 145 cm³/mol. The van der Waals surface area contributed by atoms with Gasteiger partial charge in [-0.05, 0) is 53.6 Å². The number of hydrogen-bond donors (Lipinski definition) is 0. The van der Waals surface area contributed by atoms with Gasteiger partial charge in [0.2, 0.25) is 17.6 Å². The van der Waals surface area contributed by atoms with E-state index >= 15 is 0 Å². The molecule has 0 saturated carbocycles. The Morgan fingerprint density at radius 3 is 1.74 bits per heavy atom. The third-order valence-electron chi connectivity index (χ3n) is 8.67. The Kier molecular flexibility index (Phi) is 6.01. The lowest BCUT2D eigenvalue weighted by Gasteiger charge is -2.45. The SMILES string of the molecule is Cc1ccc(C)c(C(=O)COC(=O)[C@H](C(C)C)N2C(=O)[C@@H]3C4c5ccccc5C(c5ccccc54)[C@H]3C2=O)c1. The number of ether oxygens (including phenoxy) is 1. The van der Waals surface area contributed by atoms with Gasteiger partial charge in [0.1, 0.15) is 6.04 Å². The molecule has 3 aromatic carbocycles. The lowest BCUT2D eigenvalue weighted by Crippen LogP contribution is -2.49. The van der Waals surface area contributed by atoms with Crippen molar-refractivity contribution in [2.24, 2.45) is 17.8 Å². The van der Waals surface area contributed by atoms with Crippen LogP contribution in [0.2, 0.25) is 0 Å². The van der Waals surface area contributed by atoms with E-state index in [2.05, 4.69) is 0 Å². The Morgan fingerprint density at radius 2 is 1.28 bits per heavy atom. The van der Waals surface area contributed by atoms with E-state index < -0.39 is 30.5 Å². The van der Waals surface area contributed by atoms with Gasteiger partial charge in [-0.25, -0.2) is 4.79 Å². The highest BCUT2D eigenvalue weighted by Crippen LogP contribution is 2.61. The molecule has 0 spiro atoms. The maximum atomic E-state index is 14.1. The summed E-state index contributed by atoms with van der Waals surface area (Å²) in [6.45, 7) is 6.86. The summed E-state index contributed by atoms with van der Waals surface area (Å²) < 4.78 is 5.50. The van der Waals surface area contributed by atoms with Gasteiger partial charge in [0.05, 0.1) is 11.8 Å². The van der Waals surface area contributed by atoms with Crippen LogP contribution in [0.3, 0.4) is 0 Å². The number of benzene rings is 3. The largest absolute Gasteiger partial charge is 0.456 e. The first-order valence-electron chi connectivity index (χ1n) is 13.5. The lowest BCUT2D eigenvalue weighted by atomic mass is 9.55. The summed E-state index contributed by atoms with van der Waals surface area (Å²) in [6.07, 6.45) is 0. The molecule has 1 heterocycles. The van der Waals surface area contributed by atoms with Gasteiger partial charge in [-0.1, -0.05) is 80.1 Å². The molecule has 0 N–H and O–H groups in total. The van der Waals surface area contributed by atoms with Crippen LogP contribution in [0.5, 0.6) is 0 Å². The van der Waals surface area contributed by atoms with E-state index in [1.807, 2.05) is 74.5 Å². The van der Waals surface area contributed by atoms with Crippen molar-refractivity contribution in [3.05, 3.63) is 106 Å². The third-order valence-corrected chi connectivity index (χ3v) is 8.67. The second-order valence-corrected chi connectivity index (χ2v) is 11.3. The minimum Gasteiger partial charge on any atom is -0.456 e. The molecule has 2 bridgehead atoms. The molecule has 0 aromatic heterocycles. The van der Waals surface area contributed by atoms with Crippen molar-refractivity contribution in [1.29, 1.82) is 0 Å². The number of likely N-dealkylation sites (tertiary alicyclic amines) is 1. The summed E-state index contributed by atoms with van der Waals surface area (Å²) in [6, 6.07) is 20.5. The molecule has 0 unspecified atom stereocenters. The van der Waals surface area contributed by atoms with E-state index in [4.69, 9.17) is 4.74 Å². The number of carbonyl (C=O) groups excluding carboxylic acids is 4. The predicted octanol–water partition coefficient (Wildman–Crippen LogP) is 4.95. The quantitative estimate of drug-likeness (QED) is 0.261. The van der Waals surface area contributed by atoms with Crippen LogP contribution in [0.1, 0.15) is 69.4 Å². The minimum absolute atomic E-state index is 0.247. The average molecular weight is 522 g/mol. The molecule has 1 saturated heterocycles. The van der Waals surface area contributed by atoms with Crippen molar-refractivity contribution in [3.8, 4) is 0 Å². The Balaban J connectivity index is 1.31. The zero-order valence-electron chi connectivity index (χ0n) is 22.5. The Labute approximate surface area is 228 Å². The van der Waals surface area contributed by atoms with Crippen LogP contribution in [-0.4, -0.2) is 41.1 Å². The Morgan fingerprint density at radius 1 is 0.795 bits per heavy atom. The van der Waals surface area contributed by atoms with Crippen molar-refractivity contribution in [1.82, 2.24) is 4.90 Å². The molecule has 7 rings (SSSR count). The van der Waals surface area contributed by atoms with Crippen LogP contribution in [0.15, 0.2) is 66.7 Å². The van der Waals surface area contributed by atoms with E-state index in [1.54, 1.807) is 19.9 Å². The molecule has 6 heteroatoms. The van der Waals surface area contributed by atoms with Gasteiger partial charge in [0.15, 0.2) is 6.61 Å². The molecule has 198 valence electrons. The van der Waals surface area contributed by atoms with E-state index in [0.29, 0.717) is 5.56 Å². The third kappa shape index (κ3) is 3.76. The molecule has 3 aromatic rings. The number of imide groups is 1. The molecule has 39 heavy (non-hydrogen) atoms. The summed E-state index contributed by atoms with van der Waals surface area (Å²) in [4.78, 5) is 55.7. The van der Waals surface area contributed by atoms with Crippen LogP contribution in [-0.2, 0) is 19.1 Å². The Bertz CT molecular complexity index is 1420. The smallest absolute Gasteiger partial charge is 0.330 e. The van der Waals surface area contributed by atoms with Gasteiger partial charge >= 0.3 is 5.97 Å². The summed E-state index contributed by atoms with van der Waals surface area (Å²) in [7, 11) is 0. The number of aryl methyl sites for hydroxylation is 2. The molecule has 6 nitrogen and oxygen atoms in total. The molecule has 1 fully saturated rings. The monoisotopic (exact) mass is 521 g/mol. The number of nitrogens with zero attached hydrogens (tertiary/aromatic N) is 1. The minimum atomic E-state index is -1.10. The van der Waals surface area contributed by atoms with Crippen molar-refractivity contribution < 1.29 is 23.9 Å². The van der Waals surface area contributed by atoms with Gasteiger partial charge in [-0.2, -0.15) is 0 Å². The summed E-state index contributed by atoms with van der Waals surface area (Å²) in [5, 5.41) is 0. The molecule has 3 atom stereocenters. The lowest BCUT2D eigenvalue weighted by molar-refractivity contribution is -0.160. The number of ketones is 1. The van der Waals surface area contributed by atoms with Crippen LogP contribution < -0.4 is 0 Å². The van der Waals surface area contributed by atoms with Gasteiger partial charge in [-0.3, -0.25) is 19.3 Å². The fourth-order valence-electron chi connectivity index (χ4n) is 6.99. The van der Waals surface area contributed by atoms with E-state index in [-0.39, 0.29) is 35.4 Å². The maximum absolute atomic E-state index is 14.1. The highest BCUT2D eigenvalue weighted by atomic mass is 16.5. The summed E-state index contributed by atoms with van der Waals surface area (Å²) in [5.41, 5.74) is 6.53. The maximum Gasteiger partial charge on any atom is 0.330 e. The van der Waals surface area contributed by atoms with Crippen molar-refractivity contribution in [2.75, 3.05) is 6.61 Å². The van der Waals surface area contributed by atoms with Crippen molar-refractivity contribution >= 4 is 23.6 Å². The van der Waals surface area contributed by atoms with Gasteiger partial charge in [0.25, 0.3) is 0 Å². The van der Waals surface area contributed by atoms with Crippen molar-refractivity contribution in [3.63, 3.8) is 0 Å². The molecule has 2 amide bonds. The van der Waals surface area contributed by atoms with E-state index in [0.717, 1.165) is 38.3 Å². The molecular formula is C33H31NO5. The van der Waals surface area contributed by atoms with Gasteiger partial charge < -0.3 is 4.74 Å². The average Bonchev–Trinajstić information content (AvgIpc) is 3.19. The van der Waals surface area contributed by atoms with Gasteiger partial charge in [-0.15, -0.1) is 0 Å². The number of hydrogen-bond acceptors (Lipinski definition) is 5. The zero-order chi connectivity index (χ0) is 27.6. The summed E-state index contributed by atoms with van der Waals surface area (Å²) >= 11 is 0.